The largest absolute Gasteiger partial charge is 0.379 e. The molecule has 1 saturated heterocycles. The molecule has 0 bridgehead atoms. The van der Waals surface area contributed by atoms with Crippen molar-refractivity contribution in [2.24, 2.45) is 10.9 Å². The van der Waals surface area contributed by atoms with E-state index in [1.165, 1.54) is 10.7 Å². The lowest BCUT2D eigenvalue weighted by Crippen LogP contribution is -2.48. The Balaban J connectivity index is 1.86. The lowest BCUT2D eigenvalue weighted by Gasteiger charge is -2.36. The topological polar surface area (TPSA) is 61.8 Å². The Morgan fingerprint density at radius 2 is 2.08 bits per heavy atom. The van der Waals surface area contributed by atoms with Gasteiger partial charge in [-0.2, -0.15) is 0 Å². The van der Waals surface area contributed by atoms with Crippen molar-refractivity contribution in [2.75, 3.05) is 45.9 Å². The Hall–Kier alpha value is -1.18. The highest BCUT2D eigenvalue weighted by Crippen LogP contribution is 2.13. The third kappa shape index (κ3) is 6.85. The van der Waals surface area contributed by atoms with Crippen LogP contribution in [0.4, 0.5) is 0 Å². The number of hydrogen-bond donors (Lipinski definition) is 2. The summed E-state index contributed by atoms with van der Waals surface area (Å²) in [5, 5.41) is 10.2. The molecule has 1 aliphatic heterocycles. The number of hydrogen-bond acceptors (Lipinski definition) is 5. The predicted molar refractivity (Wildman–Crippen MR) is 110 cm³/mol. The van der Waals surface area contributed by atoms with Crippen LogP contribution in [0.25, 0.3) is 0 Å². The van der Waals surface area contributed by atoms with Crippen molar-refractivity contribution >= 4 is 17.3 Å². The fourth-order valence-corrected chi connectivity index (χ4v) is 3.90. The summed E-state index contributed by atoms with van der Waals surface area (Å²) < 4.78 is 5.49. The highest BCUT2D eigenvalue weighted by Gasteiger charge is 2.23. The van der Waals surface area contributed by atoms with E-state index in [9.17, 15) is 0 Å². The van der Waals surface area contributed by atoms with Gasteiger partial charge in [0.2, 0.25) is 0 Å². The van der Waals surface area contributed by atoms with Gasteiger partial charge < -0.3 is 15.4 Å². The first kappa shape index (κ1) is 21.1. The Kier molecular flexibility index (Phi) is 9.36. The van der Waals surface area contributed by atoms with Crippen LogP contribution >= 0.6 is 11.3 Å². The second-order valence-corrected chi connectivity index (χ2v) is 7.88. The lowest BCUT2D eigenvalue weighted by molar-refractivity contribution is 0.00867. The summed E-state index contributed by atoms with van der Waals surface area (Å²) in [6, 6.07) is 0.458. The average Bonchev–Trinajstić information content (AvgIpc) is 3.10. The van der Waals surface area contributed by atoms with Crippen LogP contribution < -0.4 is 10.6 Å². The van der Waals surface area contributed by atoms with E-state index in [0.717, 1.165) is 64.7 Å². The number of thiazole rings is 1. The zero-order valence-corrected chi connectivity index (χ0v) is 17.6. The molecule has 1 fully saturated rings. The van der Waals surface area contributed by atoms with Crippen molar-refractivity contribution < 1.29 is 4.74 Å². The molecular formula is C19H35N5OS. The molecule has 1 aromatic rings. The number of rotatable bonds is 9. The number of aliphatic imine (C=N–C) groups is 1. The van der Waals surface area contributed by atoms with Gasteiger partial charge in [-0.15, -0.1) is 11.3 Å². The molecule has 1 aromatic heterocycles. The molecule has 1 aliphatic rings. The average molecular weight is 382 g/mol. The van der Waals surface area contributed by atoms with Gasteiger partial charge in [0.15, 0.2) is 5.96 Å². The predicted octanol–water partition coefficient (Wildman–Crippen LogP) is 2.16. The summed E-state index contributed by atoms with van der Waals surface area (Å²) in [7, 11) is 0. The van der Waals surface area contributed by atoms with Crippen molar-refractivity contribution in [3.63, 3.8) is 0 Å². The van der Waals surface area contributed by atoms with E-state index in [0.29, 0.717) is 12.0 Å². The normalized spacial score (nSPS) is 17.5. The fourth-order valence-electron chi connectivity index (χ4n) is 3.12. The molecule has 1 atom stereocenters. The summed E-state index contributed by atoms with van der Waals surface area (Å²) in [4.78, 5) is 12.0. The van der Waals surface area contributed by atoms with Gasteiger partial charge in [0.25, 0.3) is 0 Å². The minimum Gasteiger partial charge on any atom is -0.379 e. The second-order valence-electron chi connectivity index (χ2n) is 6.94. The van der Waals surface area contributed by atoms with Crippen LogP contribution in [0.15, 0.2) is 10.4 Å². The molecule has 0 radical (unpaired) electrons. The van der Waals surface area contributed by atoms with Crippen molar-refractivity contribution in [2.45, 2.75) is 46.6 Å². The zero-order chi connectivity index (χ0) is 18.8. The van der Waals surface area contributed by atoms with E-state index in [1.54, 1.807) is 11.3 Å². The summed E-state index contributed by atoms with van der Waals surface area (Å²) in [6.45, 7) is 15.0. The molecule has 0 aromatic carbocycles. The van der Waals surface area contributed by atoms with Crippen LogP contribution in [-0.2, 0) is 17.6 Å². The second kappa shape index (κ2) is 11.5. The number of nitrogens with zero attached hydrogens (tertiary/aromatic N) is 3. The van der Waals surface area contributed by atoms with Crippen molar-refractivity contribution in [1.82, 2.24) is 20.5 Å². The van der Waals surface area contributed by atoms with Crippen LogP contribution in [-0.4, -0.2) is 67.8 Å². The minimum atomic E-state index is 0.458. The molecule has 2 N–H and O–H groups in total. The molecule has 0 aliphatic carbocycles. The third-order valence-corrected chi connectivity index (χ3v) is 5.68. The van der Waals surface area contributed by atoms with Crippen LogP contribution in [0.3, 0.4) is 0 Å². The molecule has 2 heterocycles. The Labute approximate surface area is 162 Å². The summed E-state index contributed by atoms with van der Waals surface area (Å²) >= 11 is 1.75. The first-order chi connectivity index (χ1) is 12.6. The van der Waals surface area contributed by atoms with E-state index < -0.39 is 0 Å². The first-order valence-electron chi connectivity index (χ1n) is 9.91. The van der Waals surface area contributed by atoms with Crippen molar-refractivity contribution in [1.29, 1.82) is 0 Å². The summed E-state index contributed by atoms with van der Waals surface area (Å²) in [5.41, 5.74) is 1.17. The van der Waals surface area contributed by atoms with Gasteiger partial charge in [0.1, 0.15) is 0 Å². The number of guanidine groups is 1. The summed E-state index contributed by atoms with van der Waals surface area (Å²) in [6.07, 6.45) is 1.94. The van der Waals surface area contributed by atoms with Crippen LogP contribution in [0.1, 0.15) is 38.4 Å². The van der Waals surface area contributed by atoms with Crippen LogP contribution in [0.2, 0.25) is 0 Å². The lowest BCUT2D eigenvalue weighted by atomic mass is 10.0. The molecule has 6 nitrogen and oxygen atoms in total. The first-order valence-corrected chi connectivity index (χ1v) is 10.8. The van der Waals surface area contributed by atoms with Gasteiger partial charge in [0.05, 0.1) is 30.5 Å². The van der Waals surface area contributed by atoms with Crippen molar-refractivity contribution in [3.05, 3.63) is 16.1 Å². The van der Waals surface area contributed by atoms with Gasteiger partial charge in [-0.1, -0.05) is 20.8 Å². The number of nitrogens with one attached hydrogen (secondary N) is 2. The smallest absolute Gasteiger partial charge is 0.191 e. The molecule has 7 heteroatoms. The maximum atomic E-state index is 5.49. The molecule has 0 saturated carbocycles. The SMILES string of the molecule is CCNC(=NCC(C(C)C)N1CCOCC1)NCCc1csc(CC)n1. The number of aryl methyl sites for hydroxylation is 1. The Morgan fingerprint density at radius 3 is 2.69 bits per heavy atom. The third-order valence-electron chi connectivity index (χ3n) is 4.64. The molecule has 0 amide bonds. The van der Waals surface area contributed by atoms with E-state index >= 15 is 0 Å². The molecule has 2 rings (SSSR count). The van der Waals surface area contributed by atoms with Gasteiger partial charge in [0, 0.05) is 44.0 Å². The van der Waals surface area contributed by atoms with E-state index in [2.05, 4.69) is 53.6 Å². The van der Waals surface area contributed by atoms with Gasteiger partial charge in [-0.3, -0.25) is 9.89 Å². The van der Waals surface area contributed by atoms with Gasteiger partial charge in [-0.05, 0) is 19.3 Å². The van der Waals surface area contributed by atoms with Gasteiger partial charge in [-0.25, -0.2) is 4.98 Å². The minimum absolute atomic E-state index is 0.458. The quantitative estimate of drug-likeness (QED) is 0.507. The Bertz CT molecular complexity index is 540. The molecule has 148 valence electrons. The molecule has 0 spiro atoms. The summed E-state index contributed by atoms with van der Waals surface area (Å²) in [5.74, 6) is 1.47. The highest BCUT2D eigenvalue weighted by atomic mass is 32.1. The highest BCUT2D eigenvalue weighted by molar-refractivity contribution is 7.09. The van der Waals surface area contributed by atoms with Crippen molar-refractivity contribution in [3.8, 4) is 0 Å². The number of ether oxygens (including phenoxy) is 1. The molecule has 1 unspecified atom stereocenters. The maximum Gasteiger partial charge on any atom is 0.191 e. The zero-order valence-electron chi connectivity index (χ0n) is 16.8. The molecular weight excluding hydrogens is 346 g/mol. The van der Waals surface area contributed by atoms with E-state index in [4.69, 9.17) is 9.73 Å². The van der Waals surface area contributed by atoms with Gasteiger partial charge >= 0.3 is 0 Å². The van der Waals surface area contributed by atoms with Crippen LogP contribution in [0, 0.1) is 5.92 Å². The fraction of sp³-hybridized carbons (Fsp3) is 0.789. The van der Waals surface area contributed by atoms with Crippen LogP contribution in [0.5, 0.6) is 0 Å². The van der Waals surface area contributed by atoms with E-state index in [1.807, 2.05) is 0 Å². The molecule has 26 heavy (non-hydrogen) atoms. The monoisotopic (exact) mass is 381 g/mol. The number of aromatic nitrogens is 1. The van der Waals surface area contributed by atoms with E-state index in [-0.39, 0.29) is 0 Å². The maximum absolute atomic E-state index is 5.49. The Morgan fingerprint density at radius 1 is 1.31 bits per heavy atom. The standard InChI is InChI=1S/C19H35N5OS/c1-5-18-23-16(14-26-18)7-8-21-19(20-6-2)22-13-17(15(3)4)24-9-11-25-12-10-24/h14-15,17H,5-13H2,1-4H3,(H2,20,21,22). The number of morpholine rings is 1.